The number of nitrogens with one attached hydrogen (secondary N) is 1. The number of aromatic amines is 1. The van der Waals surface area contributed by atoms with Gasteiger partial charge in [-0.3, -0.25) is 0 Å². The van der Waals surface area contributed by atoms with Gasteiger partial charge in [0.2, 0.25) is 0 Å². The molecule has 68 valence electrons. The molecule has 13 heavy (non-hydrogen) atoms. The van der Waals surface area contributed by atoms with Crippen molar-refractivity contribution in [2.45, 2.75) is 6.92 Å². The highest BCUT2D eigenvalue weighted by molar-refractivity contribution is 5.78. The minimum Gasteiger partial charge on any atom is -0.491 e. The second-order valence-electron chi connectivity index (χ2n) is 2.49. The number of aromatic nitrogens is 4. The van der Waals surface area contributed by atoms with Gasteiger partial charge in [0.15, 0.2) is 16.9 Å². The van der Waals surface area contributed by atoms with E-state index in [2.05, 4.69) is 20.4 Å². The summed E-state index contributed by atoms with van der Waals surface area (Å²) in [7, 11) is 0. The van der Waals surface area contributed by atoms with Gasteiger partial charge in [0.1, 0.15) is 5.82 Å². The van der Waals surface area contributed by atoms with Crippen LogP contribution in [0.2, 0.25) is 0 Å². The first-order valence-corrected chi connectivity index (χ1v) is 3.91. The molecule has 2 aromatic heterocycles. The molecule has 0 aromatic carbocycles. The molecule has 0 aliphatic rings. The molecule has 0 saturated heterocycles. The number of fused-ring (bicyclic) bond motifs is 1. The fourth-order valence-corrected chi connectivity index (χ4v) is 1.10. The summed E-state index contributed by atoms with van der Waals surface area (Å²) in [6.45, 7) is 2.45. The molecule has 0 fully saturated rings. The van der Waals surface area contributed by atoms with E-state index in [1.807, 2.05) is 6.92 Å². The molecular weight excluding hydrogens is 170 g/mol. The van der Waals surface area contributed by atoms with Crippen molar-refractivity contribution in [3.63, 3.8) is 0 Å². The SMILES string of the molecule is CCOc1cc(N)nc2[nH]nnc12. The molecule has 0 unspecified atom stereocenters. The van der Waals surface area contributed by atoms with Gasteiger partial charge in [0, 0.05) is 6.07 Å². The van der Waals surface area contributed by atoms with Crippen molar-refractivity contribution in [3.8, 4) is 5.75 Å². The molecule has 6 nitrogen and oxygen atoms in total. The van der Waals surface area contributed by atoms with Crippen LogP contribution in [0.4, 0.5) is 5.82 Å². The van der Waals surface area contributed by atoms with E-state index in [1.165, 1.54) is 0 Å². The van der Waals surface area contributed by atoms with E-state index in [0.29, 0.717) is 29.3 Å². The lowest BCUT2D eigenvalue weighted by molar-refractivity contribution is 0.343. The van der Waals surface area contributed by atoms with Crippen molar-refractivity contribution in [1.29, 1.82) is 0 Å². The Kier molecular flexibility index (Phi) is 1.73. The van der Waals surface area contributed by atoms with E-state index in [9.17, 15) is 0 Å². The summed E-state index contributed by atoms with van der Waals surface area (Å²) in [5.41, 5.74) is 6.70. The number of pyridine rings is 1. The second-order valence-corrected chi connectivity index (χ2v) is 2.49. The highest BCUT2D eigenvalue weighted by atomic mass is 16.5. The predicted octanol–water partition coefficient (Wildman–Crippen LogP) is 0.334. The van der Waals surface area contributed by atoms with Crippen molar-refractivity contribution in [1.82, 2.24) is 20.4 Å². The van der Waals surface area contributed by atoms with Crippen LogP contribution >= 0.6 is 0 Å². The highest BCUT2D eigenvalue weighted by Crippen LogP contribution is 2.22. The van der Waals surface area contributed by atoms with Crippen LogP contribution in [0.3, 0.4) is 0 Å². The number of rotatable bonds is 2. The molecule has 0 atom stereocenters. The largest absolute Gasteiger partial charge is 0.491 e. The Hall–Kier alpha value is -1.85. The van der Waals surface area contributed by atoms with E-state index in [-0.39, 0.29) is 0 Å². The molecule has 0 spiro atoms. The molecule has 0 aliphatic carbocycles. The number of H-pyrrole nitrogens is 1. The number of hydrogen-bond donors (Lipinski definition) is 2. The molecule has 0 saturated carbocycles. The van der Waals surface area contributed by atoms with Crippen LogP contribution in [0.15, 0.2) is 6.07 Å². The maximum absolute atomic E-state index is 5.55. The Morgan fingerprint density at radius 3 is 3.23 bits per heavy atom. The summed E-state index contributed by atoms with van der Waals surface area (Å²) in [5, 5.41) is 10.1. The van der Waals surface area contributed by atoms with Gasteiger partial charge in [0.25, 0.3) is 0 Å². The Labute approximate surface area is 74.1 Å². The number of hydrogen-bond acceptors (Lipinski definition) is 5. The normalized spacial score (nSPS) is 10.5. The summed E-state index contributed by atoms with van der Waals surface area (Å²) in [5.74, 6) is 1.00. The van der Waals surface area contributed by atoms with Crippen molar-refractivity contribution in [3.05, 3.63) is 6.07 Å². The van der Waals surface area contributed by atoms with Crippen molar-refractivity contribution < 1.29 is 4.74 Å². The van der Waals surface area contributed by atoms with Crippen molar-refractivity contribution >= 4 is 17.0 Å². The van der Waals surface area contributed by atoms with E-state index in [4.69, 9.17) is 10.5 Å². The molecular formula is C7H9N5O. The summed E-state index contributed by atoms with van der Waals surface area (Å²) in [6.07, 6.45) is 0. The Balaban J connectivity index is 2.63. The molecule has 2 rings (SSSR count). The molecule has 0 aliphatic heterocycles. The zero-order chi connectivity index (χ0) is 9.26. The minimum absolute atomic E-state index is 0.391. The Morgan fingerprint density at radius 1 is 1.62 bits per heavy atom. The molecule has 0 amide bonds. The smallest absolute Gasteiger partial charge is 0.181 e. The topological polar surface area (TPSA) is 89.7 Å². The number of ether oxygens (including phenoxy) is 1. The lowest BCUT2D eigenvalue weighted by Crippen LogP contribution is -1.96. The predicted molar refractivity (Wildman–Crippen MR) is 47.3 cm³/mol. The van der Waals surface area contributed by atoms with Crippen LogP contribution in [0.25, 0.3) is 11.2 Å². The first-order valence-electron chi connectivity index (χ1n) is 3.91. The van der Waals surface area contributed by atoms with Gasteiger partial charge in [-0.15, -0.1) is 5.10 Å². The fourth-order valence-electron chi connectivity index (χ4n) is 1.10. The molecule has 2 heterocycles. The molecule has 0 bridgehead atoms. The summed E-state index contributed by atoms with van der Waals surface area (Å²) < 4.78 is 5.32. The third-order valence-corrected chi connectivity index (χ3v) is 1.58. The van der Waals surface area contributed by atoms with Gasteiger partial charge >= 0.3 is 0 Å². The third kappa shape index (κ3) is 1.26. The van der Waals surface area contributed by atoms with Gasteiger partial charge in [0.05, 0.1) is 6.61 Å². The summed E-state index contributed by atoms with van der Waals surface area (Å²) in [4.78, 5) is 4.00. The lowest BCUT2D eigenvalue weighted by atomic mass is 10.4. The molecule has 0 radical (unpaired) electrons. The quantitative estimate of drug-likeness (QED) is 0.693. The van der Waals surface area contributed by atoms with Crippen LogP contribution in [-0.2, 0) is 0 Å². The number of nitrogen functional groups attached to an aromatic ring is 1. The van der Waals surface area contributed by atoms with Crippen molar-refractivity contribution in [2.24, 2.45) is 0 Å². The Morgan fingerprint density at radius 2 is 2.46 bits per heavy atom. The van der Waals surface area contributed by atoms with Crippen LogP contribution in [0.1, 0.15) is 6.92 Å². The number of nitrogens with zero attached hydrogens (tertiary/aromatic N) is 3. The molecule has 3 N–H and O–H groups in total. The zero-order valence-electron chi connectivity index (χ0n) is 7.11. The van der Waals surface area contributed by atoms with Crippen molar-refractivity contribution in [2.75, 3.05) is 12.3 Å². The van der Waals surface area contributed by atoms with Gasteiger partial charge in [-0.2, -0.15) is 0 Å². The van der Waals surface area contributed by atoms with E-state index < -0.39 is 0 Å². The molecule has 2 aromatic rings. The van der Waals surface area contributed by atoms with Gasteiger partial charge in [-0.1, -0.05) is 5.21 Å². The van der Waals surface area contributed by atoms with Gasteiger partial charge in [-0.25, -0.2) is 10.1 Å². The highest BCUT2D eigenvalue weighted by Gasteiger charge is 2.07. The third-order valence-electron chi connectivity index (χ3n) is 1.58. The van der Waals surface area contributed by atoms with Crippen LogP contribution in [0.5, 0.6) is 5.75 Å². The second kappa shape index (κ2) is 2.89. The first-order chi connectivity index (χ1) is 6.31. The van der Waals surface area contributed by atoms with Crippen LogP contribution in [-0.4, -0.2) is 27.0 Å². The lowest BCUT2D eigenvalue weighted by Gasteiger charge is -2.02. The summed E-state index contributed by atoms with van der Waals surface area (Å²) in [6, 6.07) is 1.63. The average molecular weight is 179 g/mol. The monoisotopic (exact) mass is 179 g/mol. The minimum atomic E-state index is 0.391. The number of anilines is 1. The van der Waals surface area contributed by atoms with Crippen LogP contribution < -0.4 is 10.5 Å². The van der Waals surface area contributed by atoms with Gasteiger partial charge < -0.3 is 10.5 Å². The fraction of sp³-hybridized carbons (Fsp3) is 0.286. The van der Waals surface area contributed by atoms with E-state index in [1.54, 1.807) is 6.07 Å². The average Bonchev–Trinajstić information content (AvgIpc) is 2.52. The standard InChI is InChI=1S/C7H9N5O/c1-2-13-4-3-5(8)9-7-6(4)10-12-11-7/h3H,2H2,1H3,(H3,8,9,10,11,12). The maximum Gasteiger partial charge on any atom is 0.181 e. The Bertz CT molecular complexity index is 424. The number of nitrogens with two attached hydrogens (primary N) is 1. The maximum atomic E-state index is 5.55. The summed E-state index contributed by atoms with van der Waals surface area (Å²) >= 11 is 0. The van der Waals surface area contributed by atoms with Gasteiger partial charge in [-0.05, 0) is 6.92 Å². The van der Waals surface area contributed by atoms with E-state index in [0.717, 1.165) is 0 Å². The van der Waals surface area contributed by atoms with E-state index >= 15 is 0 Å². The van der Waals surface area contributed by atoms with Crippen LogP contribution in [0, 0.1) is 0 Å². The zero-order valence-corrected chi connectivity index (χ0v) is 7.11. The first kappa shape index (κ1) is 7.78. The molecule has 6 heteroatoms.